The van der Waals surface area contributed by atoms with Gasteiger partial charge in [0.25, 0.3) is 0 Å². The van der Waals surface area contributed by atoms with Crippen molar-refractivity contribution in [3.05, 3.63) is 23.8 Å². The highest BCUT2D eigenvalue weighted by Gasteiger charge is 2.27. The maximum Gasteiger partial charge on any atom is 0.110 e. The first-order valence-electron chi connectivity index (χ1n) is 5.10. The number of nitrogen functional groups attached to an aromatic ring is 1. The van der Waals surface area contributed by atoms with Gasteiger partial charge in [-0.1, -0.05) is 5.21 Å². The van der Waals surface area contributed by atoms with Gasteiger partial charge in [-0.2, -0.15) is 5.10 Å². The lowest BCUT2D eigenvalue weighted by Gasteiger charge is -2.22. The molecule has 0 spiro atoms. The Morgan fingerprint density at radius 2 is 2.00 bits per heavy atom. The van der Waals surface area contributed by atoms with E-state index in [9.17, 15) is 0 Å². The van der Waals surface area contributed by atoms with Gasteiger partial charge in [0.15, 0.2) is 0 Å². The number of nitrogens with zero attached hydrogens (tertiary/aromatic N) is 5. The summed E-state index contributed by atoms with van der Waals surface area (Å²) in [5.74, 6) is 0. The van der Waals surface area contributed by atoms with Crippen LogP contribution in [0.1, 0.15) is 25.2 Å². The zero-order chi connectivity index (χ0) is 11.9. The highest BCUT2D eigenvalue weighted by molar-refractivity contribution is 5.40. The van der Waals surface area contributed by atoms with Gasteiger partial charge in [-0.3, -0.25) is 9.36 Å². The van der Waals surface area contributed by atoms with E-state index in [4.69, 9.17) is 5.73 Å². The molecular weight excluding hydrogens is 204 g/mol. The molecule has 16 heavy (non-hydrogen) atoms. The summed E-state index contributed by atoms with van der Waals surface area (Å²) in [5.41, 5.74) is 7.83. The van der Waals surface area contributed by atoms with Gasteiger partial charge in [-0.05, 0) is 20.8 Å². The molecule has 0 aliphatic heterocycles. The minimum atomic E-state index is -0.351. The van der Waals surface area contributed by atoms with Crippen LogP contribution >= 0.6 is 0 Å². The van der Waals surface area contributed by atoms with Crippen LogP contribution < -0.4 is 5.73 Å². The average Bonchev–Trinajstić information content (AvgIpc) is 2.75. The fourth-order valence-corrected chi connectivity index (χ4v) is 1.50. The molecule has 6 nitrogen and oxygen atoms in total. The summed E-state index contributed by atoms with van der Waals surface area (Å²) in [6.45, 7) is 5.95. The Morgan fingerprint density at radius 3 is 2.44 bits per heavy atom. The van der Waals surface area contributed by atoms with E-state index in [-0.39, 0.29) is 5.54 Å². The summed E-state index contributed by atoms with van der Waals surface area (Å²) in [6.07, 6.45) is 3.71. The molecule has 0 fully saturated rings. The van der Waals surface area contributed by atoms with Crippen LogP contribution in [0.5, 0.6) is 0 Å². The number of anilines is 1. The lowest BCUT2D eigenvalue weighted by atomic mass is 10.0. The second-order valence-corrected chi connectivity index (χ2v) is 4.45. The fourth-order valence-electron chi connectivity index (χ4n) is 1.50. The Kier molecular flexibility index (Phi) is 2.22. The van der Waals surface area contributed by atoms with Crippen molar-refractivity contribution in [3.63, 3.8) is 0 Å². The van der Waals surface area contributed by atoms with Gasteiger partial charge >= 0.3 is 0 Å². The zero-order valence-electron chi connectivity index (χ0n) is 9.97. The molecule has 2 aromatic heterocycles. The van der Waals surface area contributed by atoms with Gasteiger partial charge < -0.3 is 5.73 Å². The van der Waals surface area contributed by atoms with E-state index in [0.717, 1.165) is 11.4 Å². The topological polar surface area (TPSA) is 74.5 Å². The van der Waals surface area contributed by atoms with Crippen LogP contribution in [-0.2, 0) is 12.6 Å². The Balaban J connectivity index is 2.45. The van der Waals surface area contributed by atoms with E-state index < -0.39 is 0 Å². The predicted octanol–water partition coefficient (Wildman–Crippen LogP) is 0.686. The van der Waals surface area contributed by atoms with Crippen LogP contribution in [-0.4, -0.2) is 24.8 Å². The average molecular weight is 220 g/mol. The highest BCUT2D eigenvalue weighted by atomic mass is 15.4. The van der Waals surface area contributed by atoms with Crippen LogP contribution in [0.4, 0.5) is 5.69 Å². The maximum absolute atomic E-state index is 5.80. The molecule has 0 atom stereocenters. The molecule has 0 bridgehead atoms. The Morgan fingerprint density at radius 1 is 1.31 bits per heavy atom. The predicted molar refractivity (Wildman–Crippen MR) is 60.8 cm³/mol. The van der Waals surface area contributed by atoms with Gasteiger partial charge in [0.05, 0.1) is 17.6 Å². The Bertz CT molecular complexity index is 488. The summed E-state index contributed by atoms with van der Waals surface area (Å²) in [5, 5.41) is 12.4. The summed E-state index contributed by atoms with van der Waals surface area (Å²) in [6, 6.07) is 0. The fraction of sp³-hybridized carbons (Fsp3) is 0.500. The van der Waals surface area contributed by atoms with Crippen molar-refractivity contribution in [3.8, 4) is 0 Å². The summed E-state index contributed by atoms with van der Waals surface area (Å²) >= 11 is 0. The monoisotopic (exact) mass is 220 g/mol. The molecule has 0 aliphatic carbocycles. The summed E-state index contributed by atoms with van der Waals surface area (Å²) in [4.78, 5) is 0. The first-order valence-corrected chi connectivity index (χ1v) is 5.10. The van der Waals surface area contributed by atoms with Crippen molar-refractivity contribution in [2.45, 2.75) is 26.3 Å². The van der Waals surface area contributed by atoms with Crippen molar-refractivity contribution < 1.29 is 0 Å². The summed E-state index contributed by atoms with van der Waals surface area (Å²) < 4.78 is 3.50. The van der Waals surface area contributed by atoms with Gasteiger partial charge in [0, 0.05) is 13.2 Å². The molecule has 2 rings (SSSR count). The van der Waals surface area contributed by atoms with E-state index in [1.807, 2.05) is 44.9 Å². The minimum absolute atomic E-state index is 0.351. The van der Waals surface area contributed by atoms with Crippen LogP contribution in [0.25, 0.3) is 0 Å². The molecule has 2 aromatic rings. The maximum atomic E-state index is 5.80. The van der Waals surface area contributed by atoms with Crippen LogP contribution in [0.2, 0.25) is 0 Å². The van der Waals surface area contributed by atoms with E-state index in [1.54, 1.807) is 4.68 Å². The molecule has 86 valence electrons. The molecule has 0 radical (unpaired) electrons. The smallest absolute Gasteiger partial charge is 0.110 e. The SMILES string of the molecule is Cc1nn(C(C)(C)c2cn(C)nn2)cc1N. The molecule has 0 aliphatic rings. The number of rotatable bonds is 2. The van der Waals surface area contributed by atoms with Crippen molar-refractivity contribution in [2.75, 3.05) is 5.73 Å². The van der Waals surface area contributed by atoms with E-state index in [0.29, 0.717) is 5.69 Å². The van der Waals surface area contributed by atoms with E-state index in [1.165, 1.54) is 0 Å². The number of hydrogen-bond donors (Lipinski definition) is 1. The molecular formula is C10H16N6. The molecule has 2 N–H and O–H groups in total. The Labute approximate surface area is 94.1 Å². The second-order valence-electron chi connectivity index (χ2n) is 4.45. The molecule has 0 saturated carbocycles. The third-order valence-electron chi connectivity index (χ3n) is 2.74. The normalized spacial score (nSPS) is 12.0. The molecule has 6 heteroatoms. The van der Waals surface area contributed by atoms with Crippen molar-refractivity contribution in [2.24, 2.45) is 7.05 Å². The van der Waals surface area contributed by atoms with Crippen LogP contribution in [0.3, 0.4) is 0 Å². The number of aromatic nitrogens is 5. The molecule has 0 amide bonds. The van der Waals surface area contributed by atoms with Crippen LogP contribution in [0, 0.1) is 6.92 Å². The third-order valence-corrected chi connectivity index (χ3v) is 2.74. The lowest BCUT2D eigenvalue weighted by Crippen LogP contribution is -2.28. The molecule has 2 heterocycles. The van der Waals surface area contributed by atoms with Crippen molar-refractivity contribution >= 4 is 5.69 Å². The number of nitrogens with two attached hydrogens (primary N) is 1. The molecule has 0 unspecified atom stereocenters. The van der Waals surface area contributed by atoms with E-state index >= 15 is 0 Å². The van der Waals surface area contributed by atoms with Gasteiger partial charge in [-0.25, -0.2) is 0 Å². The lowest BCUT2D eigenvalue weighted by molar-refractivity contribution is 0.378. The number of aryl methyl sites for hydroxylation is 2. The first-order chi connectivity index (χ1) is 7.41. The second kappa shape index (κ2) is 3.33. The molecule has 0 saturated heterocycles. The first kappa shape index (κ1) is 10.7. The van der Waals surface area contributed by atoms with Gasteiger partial charge in [0.1, 0.15) is 11.2 Å². The third kappa shape index (κ3) is 1.56. The molecule has 0 aromatic carbocycles. The minimum Gasteiger partial charge on any atom is -0.396 e. The van der Waals surface area contributed by atoms with Crippen molar-refractivity contribution in [1.29, 1.82) is 0 Å². The number of hydrogen-bond acceptors (Lipinski definition) is 4. The van der Waals surface area contributed by atoms with Gasteiger partial charge in [0.2, 0.25) is 0 Å². The van der Waals surface area contributed by atoms with Crippen LogP contribution in [0.15, 0.2) is 12.4 Å². The van der Waals surface area contributed by atoms with E-state index in [2.05, 4.69) is 15.4 Å². The highest BCUT2D eigenvalue weighted by Crippen LogP contribution is 2.24. The standard InChI is InChI=1S/C10H16N6/c1-7-8(11)5-16(13-7)10(2,3)9-6-15(4)14-12-9/h5-6H,11H2,1-4H3. The van der Waals surface area contributed by atoms with Crippen molar-refractivity contribution in [1.82, 2.24) is 24.8 Å². The van der Waals surface area contributed by atoms with Gasteiger partial charge in [-0.15, -0.1) is 5.10 Å². The largest absolute Gasteiger partial charge is 0.396 e. The quantitative estimate of drug-likeness (QED) is 0.807. The Hall–Kier alpha value is -1.85. The zero-order valence-corrected chi connectivity index (χ0v) is 9.97. The summed E-state index contributed by atoms with van der Waals surface area (Å²) in [7, 11) is 1.84.